The summed E-state index contributed by atoms with van der Waals surface area (Å²) in [4.78, 5) is 19.7. The van der Waals surface area contributed by atoms with Crippen LogP contribution in [-0.4, -0.2) is 33.0 Å². The summed E-state index contributed by atoms with van der Waals surface area (Å²) >= 11 is 3.35. The summed E-state index contributed by atoms with van der Waals surface area (Å²) in [5, 5.41) is 4.18. The number of nitrogens with zero attached hydrogens (tertiary/aromatic N) is 4. The molecule has 0 atom stereocenters. The van der Waals surface area contributed by atoms with Crippen molar-refractivity contribution in [2.75, 3.05) is 6.61 Å². The molecule has 140 valence electrons. The Kier molecular flexibility index (Phi) is 4.03. The number of pyridine rings is 2. The van der Waals surface area contributed by atoms with Gasteiger partial charge in [-0.3, -0.25) is 4.98 Å². The number of hydrogen-bond donors (Lipinski definition) is 0. The molecule has 5 nitrogen and oxygen atoms in total. The van der Waals surface area contributed by atoms with E-state index in [-0.39, 0.29) is 5.54 Å². The molecule has 0 fully saturated rings. The third kappa shape index (κ3) is 3.00. The van der Waals surface area contributed by atoms with E-state index in [0.717, 1.165) is 37.9 Å². The van der Waals surface area contributed by atoms with E-state index in [0.29, 0.717) is 12.5 Å². The molecule has 7 heteroatoms. The number of rotatable bonds is 3. The number of aryl methyl sites for hydroxylation is 1. The van der Waals surface area contributed by atoms with Gasteiger partial charge in [-0.2, -0.15) is 0 Å². The van der Waals surface area contributed by atoms with Crippen LogP contribution in [0.15, 0.2) is 47.0 Å². The van der Waals surface area contributed by atoms with E-state index in [2.05, 4.69) is 36.3 Å². The molecule has 0 unspecified atom stereocenters. The van der Waals surface area contributed by atoms with Gasteiger partial charge in [0, 0.05) is 28.0 Å². The van der Waals surface area contributed by atoms with E-state index >= 15 is 0 Å². The Morgan fingerprint density at radius 3 is 2.82 bits per heavy atom. The van der Waals surface area contributed by atoms with Gasteiger partial charge in [-0.1, -0.05) is 0 Å². The van der Waals surface area contributed by atoms with Crippen LogP contribution < -0.4 is 0 Å². The number of thiazole rings is 1. The van der Waals surface area contributed by atoms with Crippen LogP contribution in [0.5, 0.6) is 0 Å². The Balaban J connectivity index is 1.67. The predicted molar refractivity (Wildman–Crippen MR) is 115 cm³/mol. The van der Waals surface area contributed by atoms with E-state index in [1.165, 1.54) is 4.70 Å². The minimum Gasteiger partial charge on any atom is -0.474 e. The first-order valence-corrected chi connectivity index (χ1v) is 10.7. The number of aromatic nitrogens is 3. The molecule has 1 aliphatic heterocycles. The molecule has 0 saturated carbocycles. The van der Waals surface area contributed by atoms with Crippen LogP contribution in [0.1, 0.15) is 25.2 Å². The van der Waals surface area contributed by atoms with Gasteiger partial charge in [0.1, 0.15) is 17.3 Å². The molecule has 5 rings (SSSR count). The third-order valence-corrected chi connectivity index (χ3v) is 6.63. The van der Waals surface area contributed by atoms with Gasteiger partial charge < -0.3 is 4.74 Å². The summed E-state index contributed by atoms with van der Waals surface area (Å²) in [5.74, 6) is 0.621. The quantitative estimate of drug-likeness (QED) is 0.460. The Hall–Kier alpha value is -2.64. The van der Waals surface area contributed by atoms with Crippen LogP contribution in [0.4, 0.5) is 0 Å². The summed E-state index contributed by atoms with van der Waals surface area (Å²) in [7, 11) is 0. The lowest BCUT2D eigenvalue weighted by molar-refractivity contribution is 0.279. The number of ether oxygens (including phenoxy) is 1. The molecule has 0 radical (unpaired) electrons. The molecule has 4 aromatic heterocycles. The SMILES string of the molecule is Cc1nc(-c2cccnc2)sc1-c1nc(C2=NC(C)(C)CO2)cc2sccc12. The minimum atomic E-state index is -0.213. The van der Waals surface area contributed by atoms with E-state index in [4.69, 9.17) is 19.7 Å². The molecule has 0 N–H and O–H groups in total. The van der Waals surface area contributed by atoms with E-state index < -0.39 is 0 Å². The first kappa shape index (κ1) is 17.5. The molecule has 5 heterocycles. The van der Waals surface area contributed by atoms with Crippen LogP contribution in [0.25, 0.3) is 31.2 Å². The molecular weight excluding hydrogens is 388 g/mol. The van der Waals surface area contributed by atoms with Gasteiger partial charge in [-0.15, -0.1) is 22.7 Å². The van der Waals surface area contributed by atoms with Crippen molar-refractivity contribution in [1.29, 1.82) is 0 Å². The molecule has 28 heavy (non-hydrogen) atoms. The lowest BCUT2D eigenvalue weighted by Gasteiger charge is -2.07. The summed E-state index contributed by atoms with van der Waals surface area (Å²) < 4.78 is 7.02. The molecule has 0 bridgehead atoms. The summed E-state index contributed by atoms with van der Waals surface area (Å²) in [6.45, 7) is 6.74. The van der Waals surface area contributed by atoms with Gasteiger partial charge in [-0.25, -0.2) is 15.0 Å². The maximum absolute atomic E-state index is 5.85. The summed E-state index contributed by atoms with van der Waals surface area (Å²) in [5.41, 5.74) is 3.50. The zero-order chi connectivity index (χ0) is 19.3. The fourth-order valence-corrected chi connectivity index (χ4v) is 5.07. The molecular formula is C21H18N4OS2. The normalized spacial score (nSPS) is 15.6. The Labute approximate surface area is 170 Å². The number of fused-ring (bicyclic) bond motifs is 1. The monoisotopic (exact) mass is 406 g/mol. The van der Waals surface area contributed by atoms with E-state index in [9.17, 15) is 0 Å². The standard InChI is InChI=1S/C21H18N4OS2/c1-12-18(28-20(23-12)13-5-4-7-22-10-13)17-14-6-8-27-16(14)9-15(24-17)19-25-21(2,3)11-26-19/h4-10H,11H2,1-3H3. The maximum atomic E-state index is 5.85. The van der Waals surface area contributed by atoms with Gasteiger partial charge in [0.15, 0.2) is 0 Å². The fraction of sp³-hybridized carbons (Fsp3) is 0.238. The highest BCUT2D eigenvalue weighted by atomic mass is 32.1. The summed E-state index contributed by atoms with van der Waals surface area (Å²) in [6, 6.07) is 8.15. The number of thiophene rings is 1. The molecule has 0 aliphatic carbocycles. The average molecular weight is 407 g/mol. The second kappa shape index (κ2) is 6.46. The lowest BCUT2D eigenvalue weighted by atomic mass is 10.1. The van der Waals surface area contributed by atoms with Crippen LogP contribution in [0.3, 0.4) is 0 Å². The molecule has 4 aromatic rings. The van der Waals surface area contributed by atoms with E-state index in [1.54, 1.807) is 28.9 Å². The fourth-order valence-electron chi connectivity index (χ4n) is 3.19. The Morgan fingerprint density at radius 2 is 2.07 bits per heavy atom. The third-order valence-electron chi connectivity index (χ3n) is 4.56. The number of hydrogen-bond acceptors (Lipinski definition) is 7. The van der Waals surface area contributed by atoms with Gasteiger partial charge in [0.2, 0.25) is 5.90 Å². The van der Waals surface area contributed by atoms with Crippen LogP contribution in [-0.2, 0) is 4.74 Å². The first-order chi connectivity index (χ1) is 13.5. The lowest BCUT2D eigenvalue weighted by Crippen LogP contribution is -2.17. The number of aliphatic imine (C=N–C) groups is 1. The van der Waals surface area contributed by atoms with E-state index in [1.807, 2.05) is 25.3 Å². The van der Waals surface area contributed by atoms with Crippen molar-refractivity contribution in [3.05, 3.63) is 53.4 Å². The van der Waals surface area contributed by atoms with Crippen LogP contribution in [0, 0.1) is 6.92 Å². The highest BCUT2D eigenvalue weighted by molar-refractivity contribution is 7.19. The van der Waals surface area contributed by atoms with Gasteiger partial charge in [0.25, 0.3) is 0 Å². The maximum Gasteiger partial charge on any atom is 0.236 e. The molecule has 1 aliphatic rings. The van der Waals surface area contributed by atoms with Gasteiger partial charge in [0.05, 0.1) is 21.8 Å². The van der Waals surface area contributed by atoms with Crippen molar-refractivity contribution in [2.24, 2.45) is 4.99 Å². The Bertz CT molecular complexity index is 1210. The smallest absolute Gasteiger partial charge is 0.236 e. The summed E-state index contributed by atoms with van der Waals surface area (Å²) in [6.07, 6.45) is 3.61. The zero-order valence-corrected chi connectivity index (χ0v) is 17.4. The van der Waals surface area contributed by atoms with Crippen molar-refractivity contribution in [1.82, 2.24) is 15.0 Å². The Morgan fingerprint density at radius 1 is 1.18 bits per heavy atom. The second-order valence-corrected chi connectivity index (χ2v) is 9.33. The van der Waals surface area contributed by atoms with Crippen molar-refractivity contribution < 1.29 is 4.74 Å². The average Bonchev–Trinajstić information content (AvgIpc) is 3.39. The van der Waals surface area contributed by atoms with Gasteiger partial charge in [-0.05, 0) is 50.4 Å². The molecule has 0 amide bonds. The molecule has 0 saturated heterocycles. The highest BCUT2D eigenvalue weighted by Crippen LogP contribution is 2.39. The zero-order valence-electron chi connectivity index (χ0n) is 15.8. The second-order valence-electron chi connectivity index (χ2n) is 7.38. The topological polar surface area (TPSA) is 60.3 Å². The van der Waals surface area contributed by atoms with Crippen LogP contribution in [0.2, 0.25) is 0 Å². The van der Waals surface area contributed by atoms with Crippen LogP contribution >= 0.6 is 22.7 Å². The van der Waals surface area contributed by atoms with Crippen molar-refractivity contribution in [3.8, 4) is 21.1 Å². The molecule has 0 aromatic carbocycles. The highest BCUT2D eigenvalue weighted by Gasteiger charge is 2.29. The largest absolute Gasteiger partial charge is 0.474 e. The predicted octanol–water partition coefficient (Wildman–Crippen LogP) is 5.35. The first-order valence-electron chi connectivity index (χ1n) is 9.00. The van der Waals surface area contributed by atoms with Crippen molar-refractivity contribution in [3.63, 3.8) is 0 Å². The van der Waals surface area contributed by atoms with Crippen molar-refractivity contribution in [2.45, 2.75) is 26.3 Å². The van der Waals surface area contributed by atoms with Crippen molar-refractivity contribution >= 4 is 38.7 Å². The molecule has 0 spiro atoms. The van der Waals surface area contributed by atoms with Gasteiger partial charge >= 0.3 is 0 Å². The minimum absolute atomic E-state index is 0.213.